The number of amides is 4. The van der Waals surface area contributed by atoms with E-state index in [0.29, 0.717) is 11.4 Å². The summed E-state index contributed by atoms with van der Waals surface area (Å²) in [5.41, 5.74) is 1.01. The van der Waals surface area contributed by atoms with E-state index in [2.05, 4.69) is 16.0 Å². The van der Waals surface area contributed by atoms with Crippen LogP contribution in [0.2, 0.25) is 0 Å². The Bertz CT molecular complexity index is 959. The van der Waals surface area contributed by atoms with E-state index in [9.17, 15) is 24.0 Å². The van der Waals surface area contributed by atoms with Crippen molar-refractivity contribution in [1.82, 2.24) is 10.2 Å². The molecule has 0 radical (unpaired) electrons. The van der Waals surface area contributed by atoms with Gasteiger partial charge >= 0.3 is 6.03 Å². The number of nitrogens with one attached hydrogen (secondary N) is 3. The summed E-state index contributed by atoms with van der Waals surface area (Å²) in [7, 11) is 0. The molecule has 30 heavy (non-hydrogen) atoms. The van der Waals surface area contributed by atoms with Crippen LogP contribution in [0.5, 0.6) is 0 Å². The van der Waals surface area contributed by atoms with Gasteiger partial charge in [0.1, 0.15) is 11.9 Å². The van der Waals surface area contributed by atoms with Crippen LogP contribution in [0.25, 0.3) is 0 Å². The lowest BCUT2D eigenvalue weighted by atomic mass is 10.1. The summed E-state index contributed by atoms with van der Waals surface area (Å²) in [6.07, 6.45) is 0.225. The van der Waals surface area contributed by atoms with E-state index in [4.69, 9.17) is 0 Å². The minimum absolute atomic E-state index is 0.0942. The van der Waals surface area contributed by atoms with Crippen LogP contribution in [0.3, 0.4) is 0 Å². The zero-order chi connectivity index (χ0) is 21.5. The molecule has 1 aliphatic rings. The maximum atomic E-state index is 12.9. The van der Waals surface area contributed by atoms with Gasteiger partial charge < -0.3 is 20.9 Å². The van der Waals surface area contributed by atoms with Crippen molar-refractivity contribution in [1.29, 1.82) is 5.26 Å². The standard InChI is InChI=1S/C21H20FN5O3/c22-15-6-8-17(9-7-15)26-21(30)24-12-19(28)27-13-14(10-18(27)11-23)20(29)25-16-4-2-1-3-5-16/h1-9,14,18H,10,12-13H2,(H,25,29)(H2,24,26,30). The van der Waals surface area contributed by atoms with Crippen LogP contribution >= 0.6 is 0 Å². The molecule has 0 saturated carbocycles. The average molecular weight is 409 g/mol. The molecule has 1 fully saturated rings. The van der Waals surface area contributed by atoms with Gasteiger partial charge in [0.05, 0.1) is 18.5 Å². The lowest BCUT2D eigenvalue weighted by Crippen LogP contribution is -2.43. The van der Waals surface area contributed by atoms with Gasteiger partial charge in [-0.3, -0.25) is 9.59 Å². The molecule has 2 aromatic rings. The highest BCUT2D eigenvalue weighted by Crippen LogP contribution is 2.24. The second kappa shape index (κ2) is 9.52. The number of hydrogen-bond donors (Lipinski definition) is 3. The maximum absolute atomic E-state index is 12.9. The van der Waals surface area contributed by atoms with Crippen LogP contribution in [0.4, 0.5) is 20.6 Å². The topological polar surface area (TPSA) is 114 Å². The summed E-state index contributed by atoms with van der Waals surface area (Å²) >= 11 is 0. The highest BCUT2D eigenvalue weighted by molar-refractivity contribution is 5.95. The Morgan fingerprint density at radius 1 is 1.03 bits per heavy atom. The number of halogens is 1. The highest BCUT2D eigenvalue weighted by Gasteiger charge is 2.38. The Morgan fingerprint density at radius 2 is 1.70 bits per heavy atom. The van der Waals surface area contributed by atoms with Crippen molar-refractivity contribution >= 4 is 29.2 Å². The number of urea groups is 1. The molecule has 2 atom stereocenters. The Labute approximate surface area is 172 Å². The number of nitriles is 1. The van der Waals surface area contributed by atoms with Gasteiger partial charge in [-0.05, 0) is 42.8 Å². The van der Waals surface area contributed by atoms with Gasteiger partial charge in [-0.15, -0.1) is 0 Å². The van der Waals surface area contributed by atoms with E-state index in [1.807, 2.05) is 12.1 Å². The molecule has 2 aromatic carbocycles. The number of nitrogens with zero attached hydrogens (tertiary/aromatic N) is 2. The molecule has 4 amide bonds. The second-order valence-electron chi connectivity index (χ2n) is 6.79. The van der Waals surface area contributed by atoms with Crippen molar-refractivity contribution in [3.8, 4) is 6.07 Å². The quantitative estimate of drug-likeness (QED) is 0.703. The number of para-hydroxylation sites is 1. The first-order valence-electron chi connectivity index (χ1n) is 9.31. The van der Waals surface area contributed by atoms with Crippen LogP contribution in [-0.2, 0) is 9.59 Å². The molecule has 3 rings (SSSR count). The minimum Gasteiger partial charge on any atom is -0.329 e. The third kappa shape index (κ3) is 5.32. The third-order valence-corrected chi connectivity index (χ3v) is 4.68. The van der Waals surface area contributed by atoms with E-state index in [1.165, 1.54) is 29.2 Å². The summed E-state index contributed by atoms with van der Waals surface area (Å²) in [6, 6.07) is 14.7. The summed E-state index contributed by atoms with van der Waals surface area (Å²) in [5.74, 6) is -1.69. The Kier molecular flexibility index (Phi) is 6.60. The maximum Gasteiger partial charge on any atom is 0.319 e. The van der Waals surface area contributed by atoms with Crippen molar-refractivity contribution in [2.45, 2.75) is 12.5 Å². The average Bonchev–Trinajstić information content (AvgIpc) is 3.19. The fourth-order valence-corrected chi connectivity index (χ4v) is 3.16. The Balaban J connectivity index is 1.52. The number of carbonyl (C=O) groups excluding carboxylic acids is 3. The van der Waals surface area contributed by atoms with Crippen molar-refractivity contribution in [3.05, 3.63) is 60.4 Å². The Hall–Kier alpha value is -3.93. The monoisotopic (exact) mass is 409 g/mol. The summed E-state index contributed by atoms with van der Waals surface area (Å²) < 4.78 is 12.9. The summed E-state index contributed by atoms with van der Waals surface area (Å²) in [4.78, 5) is 38.2. The molecule has 1 heterocycles. The van der Waals surface area contributed by atoms with Gasteiger partial charge in [-0.2, -0.15) is 5.26 Å². The van der Waals surface area contributed by atoms with Gasteiger partial charge in [0.25, 0.3) is 0 Å². The van der Waals surface area contributed by atoms with Crippen molar-refractivity contribution in [2.75, 3.05) is 23.7 Å². The van der Waals surface area contributed by atoms with E-state index in [1.54, 1.807) is 24.3 Å². The largest absolute Gasteiger partial charge is 0.329 e. The number of anilines is 2. The fourth-order valence-electron chi connectivity index (χ4n) is 3.16. The van der Waals surface area contributed by atoms with Gasteiger partial charge in [0, 0.05) is 17.9 Å². The number of benzene rings is 2. The molecule has 9 heteroatoms. The van der Waals surface area contributed by atoms with Crippen molar-refractivity contribution in [2.24, 2.45) is 5.92 Å². The molecule has 0 aromatic heterocycles. The Morgan fingerprint density at radius 3 is 2.37 bits per heavy atom. The molecule has 2 unspecified atom stereocenters. The van der Waals surface area contributed by atoms with Gasteiger partial charge in [0.15, 0.2) is 0 Å². The first-order chi connectivity index (χ1) is 14.5. The first kappa shape index (κ1) is 20.8. The molecule has 0 spiro atoms. The lowest BCUT2D eigenvalue weighted by Gasteiger charge is -2.20. The summed E-state index contributed by atoms with van der Waals surface area (Å²) in [6.45, 7) is -0.241. The van der Waals surface area contributed by atoms with Crippen LogP contribution in [0.15, 0.2) is 54.6 Å². The molecule has 1 saturated heterocycles. The van der Waals surface area contributed by atoms with E-state index in [0.717, 1.165) is 0 Å². The normalized spacial score (nSPS) is 17.7. The van der Waals surface area contributed by atoms with Crippen LogP contribution in [0, 0.1) is 23.1 Å². The molecule has 1 aliphatic heterocycles. The predicted molar refractivity (Wildman–Crippen MR) is 108 cm³/mol. The van der Waals surface area contributed by atoms with Gasteiger partial charge in [-0.1, -0.05) is 18.2 Å². The predicted octanol–water partition coefficient (Wildman–Crippen LogP) is 2.33. The molecular formula is C21H20FN5O3. The molecule has 0 bridgehead atoms. The van der Waals surface area contributed by atoms with Crippen LogP contribution in [-0.4, -0.2) is 41.9 Å². The minimum atomic E-state index is -0.744. The van der Waals surface area contributed by atoms with Crippen LogP contribution < -0.4 is 16.0 Å². The zero-order valence-corrected chi connectivity index (χ0v) is 16.0. The number of rotatable bonds is 5. The SMILES string of the molecule is N#CC1CC(C(=O)Nc2ccccc2)CN1C(=O)CNC(=O)Nc1ccc(F)cc1. The number of hydrogen-bond acceptors (Lipinski definition) is 4. The molecule has 8 nitrogen and oxygen atoms in total. The lowest BCUT2D eigenvalue weighted by molar-refractivity contribution is -0.130. The van der Waals surface area contributed by atoms with Gasteiger partial charge in [0.2, 0.25) is 11.8 Å². The van der Waals surface area contributed by atoms with Gasteiger partial charge in [-0.25, -0.2) is 9.18 Å². The van der Waals surface area contributed by atoms with Crippen molar-refractivity contribution < 1.29 is 18.8 Å². The van der Waals surface area contributed by atoms with E-state index >= 15 is 0 Å². The smallest absolute Gasteiger partial charge is 0.319 e. The third-order valence-electron chi connectivity index (χ3n) is 4.68. The fraction of sp³-hybridized carbons (Fsp3) is 0.238. The molecular weight excluding hydrogens is 389 g/mol. The van der Waals surface area contributed by atoms with E-state index < -0.39 is 29.7 Å². The number of likely N-dealkylation sites (tertiary alicyclic amines) is 1. The summed E-state index contributed by atoms with van der Waals surface area (Å²) in [5, 5.41) is 17.0. The first-order valence-corrected chi connectivity index (χ1v) is 9.31. The molecule has 3 N–H and O–H groups in total. The van der Waals surface area contributed by atoms with Crippen LogP contribution in [0.1, 0.15) is 6.42 Å². The number of carbonyl (C=O) groups is 3. The molecule has 154 valence electrons. The van der Waals surface area contributed by atoms with Crippen molar-refractivity contribution in [3.63, 3.8) is 0 Å². The second-order valence-corrected chi connectivity index (χ2v) is 6.79. The van der Waals surface area contributed by atoms with E-state index in [-0.39, 0.29) is 25.4 Å². The highest BCUT2D eigenvalue weighted by atomic mass is 19.1. The molecule has 0 aliphatic carbocycles. The zero-order valence-electron chi connectivity index (χ0n) is 16.0.